The average molecular weight is 927 g/mol. The summed E-state index contributed by atoms with van der Waals surface area (Å²) in [4.78, 5) is 2.47. The SMILES string of the molecule is CCC(C)c1ccc(-c2ccc(-c3ccc4c(c3)c3cc(-c5ccc(N(c6ccc7c(c6)C(C)(C)c6ccccc6-7)c6ccc7c(c6)C(C)(C)c6ccccc6-7)cc5)ccc3n4-c3ccccc3)cc2)cc1. The van der Waals surface area contributed by atoms with Gasteiger partial charge in [0.2, 0.25) is 0 Å². The minimum atomic E-state index is -0.118. The first-order valence-corrected chi connectivity index (χ1v) is 25.8. The van der Waals surface area contributed by atoms with Crippen molar-refractivity contribution in [1.29, 1.82) is 0 Å². The summed E-state index contributed by atoms with van der Waals surface area (Å²) in [5, 5.41) is 2.48. The van der Waals surface area contributed by atoms with Crippen molar-refractivity contribution in [2.45, 2.75) is 64.7 Å². The van der Waals surface area contributed by atoms with Crippen LogP contribution in [0.1, 0.15) is 81.7 Å². The molecule has 0 bridgehead atoms. The molecule has 0 spiro atoms. The molecule has 0 aliphatic heterocycles. The van der Waals surface area contributed by atoms with Crippen LogP contribution in [0.4, 0.5) is 17.1 Å². The third kappa shape index (κ3) is 6.91. The van der Waals surface area contributed by atoms with Gasteiger partial charge in [-0.2, -0.15) is 0 Å². The lowest BCUT2D eigenvalue weighted by molar-refractivity contribution is 0.660. The van der Waals surface area contributed by atoms with Crippen LogP contribution in [0.2, 0.25) is 0 Å². The van der Waals surface area contributed by atoms with Crippen LogP contribution in [-0.2, 0) is 10.8 Å². The number of fused-ring (bicyclic) bond motifs is 9. The van der Waals surface area contributed by atoms with Crippen LogP contribution in [0.25, 0.3) is 83.1 Å². The number of hydrogen-bond donors (Lipinski definition) is 0. The summed E-state index contributed by atoms with van der Waals surface area (Å²) in [5.41, 5.74) is 26.3. The Morgan fingerprint density at radius 3 is 1.25 bits per heavy atom. The molecule has 1 unspecified atom stereocenters. The zero-order chi connectivity index (χ0) is 48.9. The van der Waals surface area contributed by atoms with Crippen LogP contribution in [-0.4, -0.2) is 4.57 Å². The molecule has 1 aromatic heterocycles. The van der Waals surface area contributed by atoms with E-state index >= 15 is 0 Å². The predicted octanol–water partition coefficient (Wildman–Crippen LogP) is 19.4. The average Bonchev–Trinajstić information content (AvgIpc) is 3.97. The van der Waals surface area contributed by atoms with Gasteiger partial charge < -0.3 is 9.47 Å². The Bertz CT molecular complexity index is 3780. The van der Waals surface area contributed by atoms with E-state index in [4.69, 9.17) is 0 Å². The number of aromatic nitrogens is 1. The van der Waals surface area contributed by atoms with Gasteiger partial charge in [-0.3, -0.25) is 0 Å². The lowest BCUT2D eigenvalue weighted by atomic mass is 9.82. The number of nitrogens with zero attached hydrogens (tertiary/aromatic N) is 2. The van der Waals surface area contributed by atoms with Crippen molar-refractivity contribution in [1.82, 2.24) is 4.57 Å². The number of rotatable bonds is 9. The number of anilines is 3. The summed E-state index contributed by atoms with van der Waals surface area (Å²) in [7, 11) is 0. The molecule has 348 valence electrons. The summed E-state index contributed by atoms with van der Waals surface area (Å²) in [6.07, 6.45) is 1.15. The maximum Gasteiger partial charge on any atom is 0.0541 e. The van der Waals surface area contributed by atoms with Crippen LogP contribution >= 0.6 is 0 Å². The van der Waals surface area contributed by atoms with Crippen LogP contribution in [0.3, 0.4) is 0 Å². The van der Waals surface area contributed by atoms with Gasteiger partial charge in [0, 0.05) is 44.4 Å². The topological polar surface area (TPSA) is 8.17 Å². The van der Waals surface area contributed by atoms with Crippen LogP contribution < -0.4 is 4.90 Å². The van der Waals surface area contributed by atoms with Crippen molar-refractivity contribution >= 4 is 38.9 Å². The first-order chi connectivity index (χ1) is 35.1. The molecule has 0 radical (unpaired) electrons. The lowest BCUT2D eigenvalue weighted by Crippen LogP contribution is -2.18. The van der Waals surface area contributed by atoms with Gasteiger partial charge in [0.15, 0.2) is 0 Å². The highest BCUT2D eigenvalue weighted by atomic mass is 15.1. The quantitative estimate of drug-likeness (QED) is 0.140. The second kappa shape index (κ2) is 16.7. The van der Waals surface area contributed by atoms with E-state index in [9.17, 15) is 0 Å². The highest BCUT2D eigenvalue weighted by Gasteiger charge is 2.38. The predicted molar refractivity (Wildman–Crippen MR) is 306 cm³/mol. The third-order valence-electron chi connectivity index (χ3n) is 16.5. The minimum absolute atomic E-state index is 0.118. The second-order valence-corrected chi connectivity index (χ2v) is 21.3. The van der Waals surface area contributed by atoms with Gasteiger partial charge >= 0.3 is 0 Å². The number of para-hydroxylation sites is 1. The second-order valence-electron chi connectivity index (χ2n) is 21.3. The van der Waals surface area contributed by atoms with E-state index in [-0.39, 0.29) is 10.8 Å². The van der Waals surface area contributed by atoms with Gasteiger partial charge in [-0.15, -0.1) is 0 Å². The highest BCUT2D eigenvalue weighted by molar-refractivity contribution is 6.11. The van der Waals surface area contributed by atoms with Gasteiger partial charge in [-0.25, -0.2) is 0 Å². The van der Waals surface area contributed by atoms with E-state index in [0.717, 1.165) is 29.2 Å². The Morgan fingerprint density at radius 1 is 0.375 bits per heavy atom. The van der Waals surface area contributed by atoms with Crippen molar-refractivity contribution in [3.8, 4) is 61.3 Å². The van der Waals surface area contributed by atoms with Crippen molar-refractivity contribution in [3.63, 3.8) is 0 Å². The first-order valence-electron chi connectivity index (χ1n) is 25.8. The van der Waals surface area contributed by atoms with Gasteiger partial charge in [0.05, 0.1) is 11.0 Å². The summed E-state index contributed by atoms with van der Waals surface area (Å²) >= 11 is 0. The van der Waals surface area contributed by atoms with E-state index in [1.54, 1.807) is 0 Å². The Kier molecular flexibility index (Phi) is 10.2. The first kappa shape index (κ1) is 43.8. The van der Waals surface area contributed by atoms with Crippen LogP contribution in [0.5, 0.6) is 0 Å². The molecule has 2 nitrogen and oxygen atoms in total. The molecular formula is C70H58N2. The lowest BCUT2D eigenvalue weighted by Gasteiger charge is -2.30. The zero-order valence-corrected chi connectivity index (χ0v) is 42.0. The summed E-state index contributed by atoms with van der Waals surface area (Å²) in [6, 6.07) is 84.3. The molecular weight excluding hydrogens is 869 g/mol. The number of hydrogen-bond acceptors (Lipinski definition) is 1. The van der Waals surface area contributed by atoms with Crippen molar-refractivity contribution in [2.75, 3.05) is 4.90 Å². The standard InChI is InChI=1S/C70H58N2/c1-7-45(2)46-21-23-47(24-22-46)48-25-27-49(28-26-48)51-31-39-67-61(41-51)62-42-52(32-40-68(62)72(67)53-15-9-8-10-16-53)50-29-33-54(34-30-50)71(55-35-37-59-57-17-11-13-19-63(57)69(3,4)65(59)43-55)56-36-38-60-58-18-12-14-20-64(58)70(5,6)66(60)44-56/h8-45H,7H2,1-6H3. The summed E-state index contributed by atoms with van der Waals surface area (Å²) in [5.74, 6) is 0.569. The fraction of sp³-hybridized carbons (Fsp3) is 0.143. The van der Waals surface area contributed by atoms with Crippen molar-refractivity contribution < 1.29 is 0 Å². The fourth-order valence-corrected chi connectivity index (χ4v) is 12.2. The molecule has 11 aromatic rings. The third-order valence-corrected chi connectivity index (χ3v) is 16.5. The number of benzene rings is 10. The van der Waals surface area contributed by atoms with Crippen LogP contribution in [0, 0.1) is 0 Å². The van der Waals surface area contributed by atoms with Crippen molar-refractivity contribution in [2.24, 2.45) is 0 Å². The van der Waals surface area contributed by atoms with Gasteiger partial charge in [0.25, 0.3) is 0 Å². The van der Waals surface area contributed by atoms with E-state index < -0.39 is 0 Å². The van der Waals surface area contributed by atoms with E-state index in [1.165, 1.54) is 105 Å². The monoisotopic (exact) mass is 926 g/mol. The maximum absolute atomic E-state index is 2.47. The maximum atomic E-state index is 2.47. The van der Waals surface area contributed by atoms with E-state index in [1.807, 2.05) is 0 Å². The Balaban J connectivity index is 0.898. The van der Waals surface area contributed by atoms with Gasteiger partial charge in [-0.1, -0.05) is 193 Å². The van der Waals surface area contributed by atoms with Gasteiger partial charge in [0.1, 0.15) is 0 Å². The molecule has 2 aliphatic carbocycles. The van der Waals surface area contributed by atoms with E-state index in [2.05, 4.69) is 275 Å². The molecule has 1 atom stereocenters. The van der Waals surface area contributed by atoms with Gasteiger partial charge in [-0.05, 0) is 169 Å². The Labute approximate surface area is 424 Å². The molecule has 13 rings (SSSR count). The molecule has 2 aliphatic rings. The minimum Gasteiger partial charge on any atom is -0.310 e. The molecule has 10 aromatic carbocycles. The molecule has 1 heterocycles. The highest BCUT2D eigenvalue weighted by Crippen LogP contribution is 2.53. The fourth-order valence-electron chi connectivity index (χ4n) is 12.2. The molecule has 72 heavy (non-hydrogen) atoms. The largest absolute Gasteiger partial charge is 0.310 e. The summed E-state index contributed by atoms with van der Waals surface area (Å²) < 4.78 is 2.41. The molecule has 2 heteroatoms. The molecule has 0 fully saturated rings. The van der Waals surface area contributed by atoms with Crippen LogP contribution in [0.15, 0.2) is 224 Å². The van der Waals surface area contributed by atoms with E-state index in [0.29, 0.717) is 5.92 Å². The summed E-state index contributed by atoms with van der Waals surface area (Å²) in [6.45, 7) is 14.0. The Morgan fingerprint density at radius 2 is 0.764 bits per heavy atom. The molecule has 0 saturated carbocycles. The zero-order valence-electron chi connectivity index (χ0n) is 42.0. The Hall–Kier alpha value is -8.20. The smallest absolute Gasteiger partial charge is 0.0541 e. The molecule has 0 saturated heterocycles. The molecule has 0 N–H and O–H groups in total. The van der Waals surface area contributed by atoms with Crippen molar-refractivity contribution in [3.05, 3.63) is 252 Å². The molecule has 0 amide bonds. The normalized spacial score (nSPS) is 14.2.